The van der Waals surface area contributed by atoms with Gasteiger partial charge < -0.3 is 15.7 Å². The van der Waals surface area contributed by atoms with Gasteiger partial charge in [0.2, 0.25) is 0 Å². The van der Waals surface area contributed by atoms with Gasteiger partial charge in [-0.15, -0.1) is 0 Å². The summed E-state index contributed by atoms with van der Waals surface area (Å²) in [7, 11) is 0. The summed E-state index contributed by atoms with van der Waals surface area (Å²) < 4.78 is 0. The van der Waals surface area contributed by atoms with Crippen molar-refractivity contribution in [2.24, 2.45) is 0 Å². The van der Waals surface area contributed by atoms with Crippen LogP contribution in [0.25, 0.3) is 0 Å². The van der Waals surface area contributed by atoms with Crippen LogP contribution in [0.1, 0.15) is 47.4 Å². The number of carbonyl (C=O) groups excluding carboxylic acids is 2. The van der Waals surface area contributed by atoms with Gasteiger partial charge >= 0.3 is 0 Å². The number of aliphatic hydroxyl groups is 1. The van der Waals surface area contributed by atoms with Crippen molar-refractivity contribution in [1.29, 1.82) is 0 Å². The van der Waals surface area contributed by atoms with Crippen molar-refractivity contribution in [1.82, 2.24) is 10.6 Å². The molecule has 1 fully saturated rings. The highest BCUT2D eigenvalue weighted by atomic mass is 16.3. The lowest BCUT2D eigenvalue weighted by atomic mass is 10.1. The van der Waals surface area contributed by atoms with E-state index in [-0.39, 0.29) is 18.4 Å². The van der Waals surface area contributed by atoms with Crippen molar-refractivity contribution >= 4 is 11.8 Å². The van der Waals surface area contributed by atoms with Crippen LogP contribution in [0.2, 0.25) is 0 Å². The molecule has 20 heavy (non-hydrogen) atoms. The van der Waals surface area contributed by atoms with E-state index in [0.717, 1.165) is 12.8 Å². The maximum Gasteiger partial charge on any atom is 0.251 e. The normalized spacial score (nSPS) is 14.8. The smallest absolute Gasteiger partial charge is 0.251 e. The van der Waals surface area contributed by atoms with Gasteiger partial charge in [-0.05, 0) is 51.0 Å². The standard InChI is InChI=1S/C15H20N2O3/c1-15(2,9-18)17-14(20)11-5-3-10(4-6-11)13(19)16-12-7-8-12/h3-6,12,18H,7-9H2,1-2H3,(H,16,19)(H,17,20). The number of aliphatic hydroxyl groups excluding tert-OH is 1. The van der Waals surface area contributed by atoms with Gasteiger partial charge in [0, 0.05) is 17.2 Å². The van der Waals surface area contributed by atoms with Gasteiger partial charge in [-0.3, -0.25) is 9.59 Å². The molecule has 1 aliphatic rings. The second-order valence-corrected chi connectivity index (χ2v) is 5.82. The van der Waals surface area contributed by atoms with Gasteiger partial charge in [0.05, 0.1) is 12.1 Å². The predicted octanol–water partition coefficient (Wildman–Crippen LogP) is 1.08. The van der Waals surface area contributed by atoms with E-state index in [9.17, 15) is 9.59 Å². The van der Waals surface area contributed by atoms with Crippen LogP contribution in [0.4, 0.5) is 0 Å². The molecule has 3 N–H and O–H groups in total. The van der Waals surface area contributed by atoms with Crippen molar-refractivity contribution in [3.8, 4) is 0 Å². The Bertz CT molecular complexity index is 504. The van der Waals surface area contributed by atoms with Crippen molar-refractivity contribution in [3.05, 3.63) is 35.4 Å². The predicted molar refractivity (Wildman–Crippen MR) is 75.6 cm³/mol. The fourth-order valence-electron chi connectivity index (χ4n) is 1.69. The summed E-state index contributed by atoms with van der Waals surface area (Å²) in [6, 6.07) is 6.82. The zero-order valence-corrected chi connectivity index (χ0v) is 11.8. The first-order chi connectivity index (χ1) is 9.41. The molecule has 0 unspecified atom stereocenters. The van der Waals surface area contributed by atoms with Crippen LogP contribution < -0.4 is 10.6 Å². The first-order valence-electron chi connectivity index (χ1n) is 6.75. The van der Waals surface area contributed by atoms with Gasteiger partial charge in [0.15, 0.2) is 0 Å². The maximum absolute atomic E-state index is 12.0. The Morgan fingerprint density at radius 2 is 1.65 bits per heavy atom. The third-order valence-electron chi connectivity index (χ3n) is 3.17. The van der Waals surface area contributed by atoms with Crippen molar-refractivity contribution in [2.45, 2.75) is 38.3 Å². The quantitative estimate of drug-likeness (QED) is 0.753. The minimum absolute atomic E-state index is 0.102. The van der Waals surface area contributed by atoms with Crippen LogP contribution in [0.5, 0.6) is 0 Å². The molecule has 0 radical (unpaired) electrons. The molecule has 5 heteroatoms. The Balaban J connectivity index is 2.00. The van der Waals surface area contributed by atoms with E-state index in [1.54, 1.807) is 38.1 Å². The highest BCUT2D eigenvalue weighted by molar-refractivity contribution is 5.98. The Morgan fingerprint density at radius 3 is 2.10 bits per heavy atom. The molecule has 1 aromatic carbocycles. The van der Waals surface area contributed by atoms with Crippen molar-refractivity contribution in [3.63, 3.8) is 0 Å². The molecule has 0 aliphatic heterocycles. The molecule has 0 heterocycles. The second kappa shape index (κ2) is 5.63. The zero-order chi connectivity index (χ0) is 14.8. The van der Waals surface area contributed by atoms with Gasteiger partial charge in [0.25, 0.3) is 11.8 Å². The van der Waals surface area contributed by atoms with Crippen LogP contribution in [0, 0.1) is 0 Å². The van der Waals surface area contributed by atoms with Gasteiger partial charge in [0.1, 0.15) is 0 Å². The van der Waals surface area contributed by atoms with Gasteiger partial charge in [-0.25, -0.2) is 0 Å². The highest BCUT2D eigenvalue weighted by Crippen LogP contribution is 2.19. The van der Waals surface area contributed by atoms with E-state index in [1.165, 1.54) is 0 Å². The molecule has 1 saturated carbocycles. The number of amides is 2. The summed E-state index contributed by atoms with van der Waals surface area (Å²) in [5.41, 5.74) is 0.350. The minimum Gasteiger partial charge on any atom is -0.394 e. The summed E-state index contributed by atoms with van der Waals surface area (Å²) >= 11 is 0. The summed E-state index contributed by atoms with van der Waals surface area (Å²) in [5, 5.41) is 14.7. The molecule has 0 spiro atoms. The fraction of sp³-hybridized carbons (Fsp3) is 0.467. The number of benzene rings is 1. The molecule has 2 amide bonds. The largest absolute Gasteiger partial charge is 0.394 e. The number of carbonyl (C=O) groups is 2. The van der Waals surface area contributed by atoms with Crippen LogP contribution in [-0.4, -0.2) is 35.1 Å². The lowest BCUT2D eigenvalue weighted by Gasteiger charge is -2.23. The summed E-state index contributed by atoms with van der Waals surface area (Å²) in [6.07, 6.45) is 2.09. The lowest BCUT2D eigenvalue weighted by Crippen LogP contribution is -2.46. The van der Waals surface area contributed by atoms with Crippen LogP contribution >= 0.6 is 0 Å². The Kier molecular flexibility index (Phi) is 4.09. The third-order valence-corrected chi connectivity index (χ3v) is 3.17. The van der Waals surface area contributed by atoms with E-state index in [0.29, 0.717) is 17.2 Å². The highest BCUT2D eigenvalue weighted by Gasteiger charge is 2.24. The van der Waals surface area contributed by atoms with E-state index in [2.05, 4.69) is 10.6 Å². The van der Waals surface area contributed by atoms with Crippen molar-refractivity contribution < 1.29 is 14.7 Å². The lowest BCUT2D eigenvalue weighted by molar-refractivity contribution is 0.0867. The molecule has 0 bridgehead atoms. The summed E-state index contributed by atoms with van der Waals surface area (Å²) in [5.74, 6) is -0.367. The average Bonchev–Trinajstić information content (AvgIpc) is 3.22. The minimum atomic E-state index is -0.668. The first kappa shape index (κ1) is 14.5. The van der Waals surface area contributed by atoms with Crippen molar-refractivity contribution in [2.75, 3.05) is 6.61 Å². The molecule has 2 rings (SSSR count). The van der Waals surface area contributed by atoms with Crippen LogP contribution in [0.15, 0.2) is 24.3 Å². The van der Waals surface area contributed by atoms with E-state index in [4.69, 9.17) is 5.11 Å². The SMILES string of the molecule is CC(C)(CO)NC(=O)c1ccc(C(=O)NC2CC2)cc1. The molecule has 1 aromatic rings. The van der Waals surface area contributed by atoms with E-state index >= 15 is 0 Å². The first-order valence-corrected chi connectivity index (χ1v) is 6.75. The molecular formula is C15H20N2O3. The van der Waals surface area contributed by atoms with E-state index in [1.807, 2.05) is 0 Å². The number of rotatable bonds is 5. The Morgan fingerprint density at radius 1 is 1.15 bits per heavy atom. The van der Waals surface area contributed by atoms with Gasteiger partial charge in [-0.2, -0.15) is 0 Å². The fourth-order valence-corrected chi connectivity index (χ4v) is 1.69. The van der Waals surface area contributed by atoms with E-state index < -0.39 is 5.54 Å². The molecule has 0 aromatic heterocycles. The average molecular weight is 276 g/mol. The summed E-state index contributed by atoms with van der Waals surface area (Å²) in [6.45, 7) is 3.34. The molecule has 108 valence electrons. The monoisotopic (exact) mass is 276 g/mol. The topological polar surface area (TPSA) is 78.4 Å². The van der Waals surface area contributed by atoms with Gasteiger partial charge in [-0.1, -0.05) is 0 Å². The molecular weight excluding hydrogens is 256 g/mol. The second-order valence-electron chi connectivity index (χ2n) is 5.82. The number of hydrogen-bond acceptors (Lipinski definition) is 3. The third kappa shape index (κ3) is 3.81. The zero-order valence-electron chi connectivity index (χ0n) is 11.8. The maximum atomic E-state index is 12.0. The summed E-state index contributed by atoms with van der Waals surface area (Å²) in [4.78, 5) is 23.8. The van der Waals surface area contributed by atoms with Crippen LogP contribution in [0.3, 0.4) is 0 Å². The molecule has 1 aliphatic carbocycles. The molecule has 5 nitrogen and oxygen atoms in total. The number of hydrogen-bond donors (Lipinski definition) is 3. The van der Waals surface area contributed by atoms with Crippen LogP contribution in [-0.2, 0) is 0 Å². The Labute approximate surface area is 118 Å². The molecule has 0 saturated heterocycles. The molecule has 0 atom stereocenters. The number of nitrogens with one attached hydrogen (secondary N) is 2. The Hall–Kier alpha value is -1.88.